The van der Waals surface area contributed by atoms with Crippen LogP contribution in [0.15, 0.2) is 4.99 Å². The lowest BCUT2D eigenvalue weighted by Crippen LogP contribution is -2.59. The Kier molecular flexibility index (Phi) is 12.0. The molecule has 1 rings (SSSR count). The van der Waals surface area contributed by atoms with E-state index in [1.54, 1.807) is 0 Å². The fourth-order valence-corrected chi connectivity index (χ4v) is 5.03. The number of aliphatic imine (C=N–C) groups is 1. The van der Waals surface area contributed by atoms with Crippen molar-refractivity contribution in [1.29, 1.82) is 0 Å². The molecule has 2 heteroatoms. The van der Waals surface area contributed by atoms with Gasteiger partial charge in [-0.05, 0) is 66.8 Å². The zero-order chi connectivity index (χ0) is 21.0. The molecule has 2 nitrogen and oxygen atoms in total. The van der Waals surface area contributed by atoms with Gasteiger partial charge >= 0.3 is 0 Å². The number of rotatable bonds is 14. The molecule has 0 N–H and O–H groups in total. The van der Waals surface area contributed by atoms with Crippen LogP contribution in [-0.2, 0) is 0 Å². The van der Waals surface area contributed by atoms with Crippen molar-refractivity contribution < 1.29 is 0 Å². The van der Waals surface area contributed by atoms with E-state index in [1.807, 2.05) is 0 Å². The monoisotopic (exact) mass is 392 g/mol. The first-order valence-electron chi connectivity index (χ1n) is 12.5. The van der Waals surface area contributed by atoms with Gasteiger partial charge in [0, 0.05) is 16.8 Å². The van der Waals surface area contributed by atoms with Crippen molar-refractivity contribution in [2.75, 3.05) is 7.05 Å². The molecule has 1 aliphatic rings. The van der Waals surface area contributed by atoms with Gasteiger partial charge in [0.2, 0.25) is 0 Å². The molecule has 0 amide bonds. The molecule has 0 bridgehead atoms. The molecule has 0 aromatic rings. The Balaban J connectivity index is 2.36. The topological polar surface area (TPSA) is 15.6 Å². The highest BCUT2D eigenvalue weighted by Crippen LogP contribution is 2.38. The molecule has 0 radical (unpaired) electrons. The van der Waals surface area contributed by atoms with E-state index >= 15 is 0 Å². The molecule has 1 heterocycles. The van der Waals surface area contributed by atoms with E-state index < -0.39 is 0 Å². The summed E-state index contributed by atoms with van der Waals surface area (Å²) in [5, 5.41) is 0. The van der Waals surface area contributed by atoms with Crippen molar-refractivity contribution in [3.8, 4) is 0 Å². The number of likely N-dealkylation sites (tertiary alicyclic amines) is 1. The van der Waals surface area contributed by atoms with Crippen LogP contribution in [0.25, 0.3) is 0 Å². The summed E-state index contributed by atoms with van der Waals surface area (Å²) >= 11 is 0. The molecule has 0 aromatic carbocycles. The van der Waals surface area contributed by atoms with Gasteiger partial charge in [-0.2, -0.15) is 0 Å². The van der Waals surface area contributed by atoms with E-state index in [4.69, 9.17) is 4.99 Å². The van der Waals surface area contributed by atoms with Gasteiger partial charge in [-0.15, -0.1) is 0 Å². The lowest BCUT2D eigenvalue weighted by atomic mass is 9.77. The van der Waals surface area contributed by atoms with E-state index in [-0.39, 0.29) is 11.1 Å². The summed E-state index contributed by atoms with van der Waals surface area (Å²) < 4.78 is 0. The maximum absolute atomic E-state index is 5.32. The van der Waals surface area contributed by atoms with Crippen LogP contribution in [0.1, 0.15) is 138 Å². The zero-order valence-electron chi connectivity index (χ0n) is 20.6. The molecular formula is C26H52N2. The maximum Gasteiger partial charge on any atom is 0.0533 e. The maximum atomic E-state index is 5.32. The second kappa shape index (κ2) is 13.0. The van der Waals surface area contributed by atoms with E-state index in [0.29, 0.717) is 6.04 Å². The predicted molar refractivity (Wildman–Crippen MR) is 128 cm³/mol. The van der Waals surface area contributed by atoms with Gasteiger partial charge in [-0.1, -0.05) is 78.1 Å². The molecule has 1 fully saturated rings. The fraction of sp³-hybridized carbons (Fsp3) is 0.962. The molecule has 166 valence electrons. The Morgan fingerprint density at radius 1 is 0.714 bits per heavy atom. The lowest BCUT2D eigenvalue weighted by molar-refractivity contribution is -0.0107. The van der Waals surface area contributed by atoms with Crippen molar-refractivity contribution in [2.45, 2.75) is 155 Å². The molecule has 1 saturated heterocycles. The molecule has 0 saturated carbocycles. The predicted octanol–water partition coefficient (Wildman–Crippen LogP) is 8.19. The Labute approximate surface area is 178 Å². The highest BCUT2D eigenvalue weighted by molar-refractivity contribution is 5.84. The van der Waals surface area contributed by atoms with Crippen molar-refractivity contribution in [2.24, 2.45) is 4.99 Å². The Morgan fingerprint density at radius 3 is 1.64 bits per heavy atom. The summed E-state index contributed by atoms with van der Waals surface area (Å²) in [5.41, 5.74) is 1.98. The summed E-state index contributed by atoms with van der Waals surface area (Å²) in [6, 6.07) is 0.505. The second-order valence-corrected chi connectivity index (χ2v) is 10.6. The number of piperidine rings is 1. The Bertz CT molecular complexity index is 418. The first-order valence-corrected chi connectivity index (χ1v) is 12.5. The van der Waals surface area contributed by atoms with Crippen LogP contribution in [0.4, 0.5) is 0 Å². The van der Waals surface area contributed by atoms with Gasteiger partial charge in [0.25, 0.3) is 0 Å². The quantitative estimate of drug-likeness (QED) is 0.215. The normalized spacial score (nSPS) is 20.6. The first-order chi connectivity index (χ1) is 13.2. The minimum Gasteiger partial charge on any atom is -0.296 e. The number of unbranched alkanes of at least 4 members (excludes halogenated alkanes) is 9. The molecule has 0 unspecified atom stereocenters. The fourth-order valence-electron chi connectivity index (χ4n) is 5.03. The van der Waals surface area contributed by atoms with Gasteiger partial charge in [-0.25, -0.2) is 0 Å². The third-order valence-electron chi connectivity index (χ3n) is 7.01. The molecule has 28 heavy (non-hydrogen) atoms. The van der Waals surface area contributed by atoms with Crippen LogP contribution in [0.2, 0.25) is 0 Å². The highest BCUT2D eigenvalue weighted by atomic mass is 15.2. The van der Waals surface area contributed by atoms with Crippen LogP contribution < -0.4 is 0 Å². The van der Waals surface area contributed by atoms with Gasteiger partial charge < -0.3 is 0 Å². The van der Waals surface area contributed by atoms with Crippen molar-refractivity contribution >= 4 is 5.71 Å². The van der Waals surface area contributed by atoms with Crippen LogP contribution in [0.5, 0.6) is 0 Å². The molecule has 1 aliphatic heterocycles. The van der Waals surface area contributed by atoms with Gasteiger partial charge in [-0.3, -0.25) is 9.89 Å². The van der Waals surface area contributed by atoms with E-state index in [1.165, 1.54) is 102 Å². The summed E-state index contributed by atoms with van der Waals surface area (Å²) in [4.78, 5) is 7.88. The molecule has 0 atom stereocenters. The van der Waals surface area contributed by atoms with E-state index in [0.717, 1.165) is 0 Å². The number of nitrogens with zero attached hydrogens (tertiary/aromatic N) is 2. The van der Waals surface area contributed by atoms with E-state index in [2.05, 4.69) is 53.5 Å². The van der Waals surface area contributed by atoms with Crippen LogP contribution in [0.3, 0.4) is 0 Å². The van der Waals surface area contributed by atoms with E-state index in [9.17, 15) is 0 Å². The summed E-state index contributed by atoms with van der Waals surface area (Å²) in [7, 11) is 2.29. The van der Waals surface area contributed by atoms with Crippen LogP contribution in [-0.4, -0.2) is 34.8 Å². The minimum atomic E-state index is 0.240. The third-order valence-corrected chi connectivity index (χ3v) is 7.01. The summed E-state index contributed by atoms with van der Waals surface area (Å²) in [5.74, 6) is 0. The standard InChI is InChI=1S/C26H52N2/c1-8-10-11-12-13-14-15-16-17-18-20-23(19-9-2)27-24-21-25(3,4)28(7)26(5,6)22-24/h24H,8-22H2,1-7H3. The Hall–Kier alpha value is -0.370. The molecule has 0 spiro atoms. The smallest absolute Gasteiger partial charge is 0.0533 e. The first kappa shape index (κ1) is 25.7. The number of hydrogen-bond acceptors (Lipinski definition) is 2. The molecule has 0 aliphatic carbocycles. The van der Waals surface area contributed by atoms with Crippen molar-refractivity contribution in [3.63, 3.8) is 0 Å². The molecule has 0 aromatic heterocycles. The summed E-state index contributed by atoms with van der Waals surface area (Å²) in [6.07, 6.45) is 20.2. The van der Waals surface area contributed by atoms with Crippen molar-refractivity contribution in [1.82, 2.24) is 4.90 Å². The Morgan fingerprint density at radius 2 is 1.18 bits per heavy atom. The third kappa shape index (κ3) is 9.42. The SMILES string of the molecule is CCCCCCCCCCCCC(CCC)=NC1CC(C)(C)N(C)C(C)(C)C1. The lowest BCUT2D eigenvalue weighted by Gasteiger charge is -2.53. The second-order valence-electron chi connectivity index (χ2n) is 10.6. The van der Waals surface area contributed by atoms with Crippen LogP contribution >= 0.6 is 0 Å². The minimum absolute atomic E-state index is 0.240. The van der Waals surface area contributed by atoms with Crippen LogP contribution in [0, 0.1) is 0 Å². The average molecular weight is 393 g/mol. The largest absolute Gasteiger partial charge is 0.296 e. The van der Waals surface area contributed by atoms with Crippen molar-refractivity contribution in [3.05, 3.63) is 0 Å². The number of hydrogen-bond donors (Lipinski definition) is 0. The van der Waals surface area contributed by atoms with Gasteiger partial charge in [0.1, 0.15) is 0 Å². The average Bonchev–Trinajstić information content (AvgIpc) is 2.61. The molecular weight excluding hydrogens is 340 g/mol. The van der Waals surface area contributed by atoms with Gasteiger partial charge in [0.15, 0.2) is 0 Å². The summed E-state index contributed by atoms with van der Waals surface area (Å²) in [6.45, 7) is 14.1. The van der Waals surface area contributed by atoms with Gasteiger partial charge in [0.05, 0.1) is 6.04 Å². The highest BCUT2D eigenvalue weighted by Gasteiger charge is 2.42. The zero-order valence-corrected chi connectivity index (χ0v) is 20.6.